The van der Waals surface area contributed by atoms with Crippen LogP contribution in [-0.2, 0) is 4.79 Å². The molecule has 7 heteroatoms. The Kier molecular flexibility index (Phi) is 5.54. The minimum atomic E-state index is -0.143. The number of ether oxygens (including phenoxy) is 2. The summed E-state index contributed by atoms with van der Waals surface area (Å²) in [6, 6.07) is 5.26. The van der Waals surface area contributed by atoms with Gasteiger partial charge in [-0.15, -0.1) is 0 Å². The summed E-state index contributed by atoms with van der Waals surface area (Å²) in [5, 5.41) is 0. The number of piperidine rings is 1. The van der Waals surface area contributed by atoms with Crippen LogP contribution in [0, 0.1) is 5.92 Å². The average Bonchev–Trinajstić information content (AvgIpc) is 3.02. The summed E-state index contributed by atoms with van der Waals surface area (Å²) in [6.07, 6.45) is 2.08. The van der Waals surface area contributed by atoms with Gasteiger partial charge in [0.15, 0.2) is 11.5 Å². The van der Waals surface area contributed by atoms with Crippen LogP contribution in [-0.4, -0.2) is 68.7 Å². The fourth-order valence-electron chi connectivity index (χ4n) is 3.48. The van der Waals surface area contributed by atoms with Crippen molar-refractivity contribution in [2.75, 3.05) is 51.8 Å². The zero-order chi connectivity index (χ0) is 18.7. The van der Waals surface area contributed by atoms with Crippen molar-refractivity contribution in [3.8, 4) is 11.5 Å². The van der Waals surface area contributed by atoms with Crippen LogP contribution in [0.4, 0.5) is 10.5 Å². The highest BCUT2D eigenvalue weighted by Gasteiger charge is 2.32. The molecule has 142 valence electrons. The van der Waals surface area contributed by atoms with Crippen molar-refractivity contribution in [1.29, 1.82) is 0 Å². The molecule has 2 aliphatic rings. The summed E-state index contributed by atoms with van der Waals surface area (Å²) < 4.78 is 10.6. The van der Waals surface area contributed by atoms with Crippen LogP contribution >= 0.6 is 0 Å². The van der Waals surface area contributed by atoms with Gasteiger partial charge in [0.1, 0.15) is 6.54 Å². The quantitative estimate of drug-likeness (QED) is 0.807. The predicted octanol–water partition coefficient (Wildman–Crippen LogP) is 2.20. The van der Waals surface area contributed by atoms with Gasteiger partial charge >= 0.3 is 6.03 Å². The van der Waals surface area contributed by atoms with Crippen molar-refractivity contribution < 1.29 is 19.1 Å². The first-order valence-electron chi connectivity index (χ1n) is 9.09. The molecule has 0 atom stereocenters. The van der Waals surface area contributed by atoms with Gasteiger partial charge in [0, 0.05) is 37.9 Å². The molecule has 0 N–H and O–H groups in total. The van der Waals surface area contributed by atoms with Crippen molar-refractivity contribution in [1.82, 2.24) is 9.80 Å². The van der Waals surface area contributed by atoms with Crippen LogP contribution in [0.1, 0.15) is 19.8 Å². The lowest BCUT2D eigenvalue weighted by molar-refractivity contribution is -0.132. The van der Waals surface area contributed by atoms with E-state index in [4.69, 9.17) is 9.47 Å². The fourth-order valence-corrected chi connectivity index (χ4v) is 3.48. The van der Waals surface area contributed by atoms with Gasteiger partial charge in [-0.25, -0.2) is 4.79 Å². The maximum atomic E-state index is 12.7. The lowest BCUT2D eigenvalue weighted by atomic mass is 9.99. The van der Waals surface area contributed by atoms with Crippen molar-refractivity contribution in [3.05, 3.63) is 18.2 Å². The summed E-state index contributed by atoms with van der Waals surface area (Å²) in [6.45, 7) is 5.05. The minimum Gasteiger partial charge on any atom is -0.493 e. The molecule has 7 nitrogen and oxygen atoms in total. The second kappa shape index (κ2) is 7.85. The van der Waals surface area contributed by atoms with Gasteiger partial charge in [0.2, 0.25) is 5.91 Å². The maximum absolute atomic E-state index is 12.7. The number of hydrogen-bond acceptors (Lipinski definition) is 4. The van der Waals surface area contributed by atoms with Gasteiger partial charge in [-0.05, 0) is 30.9 Å². The first-order chi connectivity index (χ1) is 12.5. The highest BCUT2D eigenvalue weighted by Crippen LogP contribution is 2.32. The summed E-state index contributed by atoms with van der Waals surface area (Å²) in [5.41, 5.74) is 0.745. The molecule has 0 saturated carbocycles. The molecule has 0 aromatic heterocycles. The Morgan fingerprint density at radius 3 is 2.42 bits per heavy atom. The Morgan fingerprint density at radius 1 is 1.08 bits per heavy atom. The molecule has 0 unspecified atom stereocenters. The lowest BCUT2D eigenvalue weighted by Gasteiger charge is -2.31. The number of benzene rings is 1. The standard InChI is InChI=1S/C19H27N3O4/c1-14-6-8-20(9-7-14)18(23)13-21-10-11-22(19(21)24)15-4-5-16(25-2)17(12-15)26-3/h4-5,12,14H,6-11,13H2,1-3H3. The van der Waals surface area contributed by atoms with Crippen LogP contribution < -0.4 is 14.4 Å². The molecular weight excluding hydrogens is 334 g/mol. The molecule has 2 heterocycles. The Balaban J connectivity index is 1.64. The van der Waals surface area contributed by atoms with Gasteiger partial charge in [-0.3, -0.25) is 9.69 Å². The summed E-state index contributed by atoms with van der Waals surface area (Å²) in [4.78, 5) is 30.4. The third-order valence-corrected chi connectivity index (χ3v) is 5.24. The molecular formula is C19H27N3O4. The van der Waals surface area contributed by atoms with E-state index < -0.39 is 0 Å². The SMILES string of the molecule is COc1ccc(N2CCN(CC(=O)N3CCC(C)CC3)C2=O)cc1OC. The van der Waals surface area contributed by atoms with E-state index in [9.17, 15) is 9.59 Å². The van der Waals surface area contributed by atoms with Gasteiger partial charge in [-0.2, -0.15) is 0 Å². The van der Waals surface area contributed by atoms with Crippen molar-refractivity contribution >= 4 is 17.6 Å². The number of rotatable bonds is 5. The van der Waals surface area contributed by atoms with Gasteiger partial charge in [0.25, 0.3) is 0 Å². The number of hydrogen-bond donors (Lipinski definition) is 0. The Bertz CT molecular complexity index is 671. The third-order valence-electron chi connectivity index (χ3n) is 5.24. The molecule has 1 aromatic carbocycles. The molecule has 2 saturated heterocycles. The smallest absolute Gasteiger partial charge is 0.325 e. The fraction of sp³-hybridized carbons (Fsp3) is 0.579. The number of methoxy groups -OCH3 is 2. The van der Waals surface area contributed by atoms with E-state index in [0.717, 1.165) is 31.6 Å². The highest BCUT2D eigenvalue weighted by molar-refractivity contribution is 5.96. The van der Waals surface area contributed by atoms with E-state index in [-0.39, 0.29) is 18.5 Å². The van der Waals surface area contributed by atoms with Crippen LogP contribution in [0.25, 0.3) is 0 Å². The zero-order valence-electron chi connectivity index (χ0n) is 15.7. The number of urea groups is 1. The highest BCUT2D eigenvalue weighted by atomic mass is 16.5. The number of carbonyl (C=O) groups is 2. The minimum absolute atomic E-state index is 0.0411. The number of anilines is 1. The van der Waals surface area contributed by atoms with Crippen molar-refractivity contribution in [2.45, 2.75) is 19.8 Å². The molecule has 0 spiro atoms. The van der Waals surface area contributed by atoms with Crippen LogP contribution in [0.2, 0.25) is 0 Å². The van der Waals surface area contributed by atoms with E-state index in [1.54, 1.807) is 36.2 Å². The second-order valence-electron chi connectivity index (χ2n) is 6.96. The number of amides is 3. The van der Waals surface area contributed by atoms with Crippen LogP contribution in [0.5, 0.6) is 11.5 Å². The van der Waals surface area contributed by atoms with Crippen molar-refractivity contribution in [3.63, 3.8) is 0 Å². The van der Waals surface area contributed by atoms with Gasteiger partial charge in [-0.1, -0.05) is 6.92 Å². The Morgan fingerprint density at radius 2 is 1.77 bits per heavy atom. The topological polar surface area (TPSA) is 62.3 Å². The van der Waals surface area contributed by atoms with E-state index >= 15 is 0 Å². The van der Waals surface area contributed by atoms with Crippen LogP contribution in [0.15, 0.2) is 18.2 Å². The lowest BCUT2D eigenvalue weighted by Crippen LogP contribution is -2.45. The first-order valence-corrected chi connectivity index (χ1v) is 9.09. The van der Waals surface area contributed by atoms with E-state index in [1.807, 2.05) is 11.0 Å². The monoisotopic (exact) mass is 361 g/mol. The molecule has 1 aromatic rings. The molecule has 0 bridgehead atoms. The van der Waals surface area contributed by atoms with Gasteiger partial charge < -0.3 is 19.3 Å². The molecule has 26 heavy (non-hydrogen) atoms. The number of nitrogens with zero attached hydrogens (tertiary/aromatic N) is 3. The summed E-state index contributed by atoms with van der Waals surface area (Å²) >= 11 is 0. The molecule has 2 fully saturated rings. The zero-order valence-corrected chi connectivity index (χ0v) is 15.7. The third kappa shape index (κ3) is 3.71. The predicted molar refractivity (Wildman–Crippen MR) is 98.8 cm³/mol. The maximum Gasteiger partial charge on any atom is 0.325 e. The average molecular weight is 361 g/mol. The Labute approximate surface area is 154 Å². The van der Waals surface area contributed by atoms with Crippen molar-refractivity contribution in [2.24, 2.45) is 5.92 Å². The van der Waals surface area contributed by atoms with E-state index in [1.165, 1.54) is 0 Å². The number of carbonyl (C=O) groups excluding carboxylic acids is 2. The molecule has 0 radical (unpaired) electrons. The summed E-state index contributed by atoms with van der Waals surface area (Å²) in [7, 11) is 3.14. The van der Waals surface area contributed by atoms with Gasteiger partial charge in [0.05, 0.1) is 14.2 Å². The first kappa shape index (κ1) is 18.4. The molecule has 2 aliphatic heterocycles. The molecule has 3 amide bonds. The molecule has 3 rings (SSSR count). The van der Waals surface area contributed by atoms with Crippen LogP contribution in [0.3, 0.4) is 0 Å². The number of likely N-dealkylation sites (tertiary alicyclic amines) is 1. The Hall–Kier alpha value is -2.44. The largest absolute Gasteiger partial charge is 0.493 e. The second-order valence-corrected chi connectivity index (χ2v) is 6.96. The normalized spacial score (nSPS) is 18.4. The summed E-state index contributed by atoms with van der Waals surface area (Å²) in [5.74, 6) is 1.91. The van der Waals surface area contributed by atoms with E-state index in [2.05, 4.69) is 6.92 Å². The molecule has 0 aliphatic carbocycles. The van der Waals surface area contributed by atoms with E-state index in [0.29, 0.717) is 30.5 Å².